The number of halogens is 2. The zero-order valence-corrected chi connectivity index (χ0v) is 13.2. The van der Waals surface area contributed by atoms with Crippen LogP contribution in [0.25, 0.3) is 11.4 Å². The Morgan fingerprint density at radius 3 is 2.73 bits per heavy atom. The van der Waals surface area contributed by atoms with Gasteiger partial charge in [0.1, 0.15) is 5.75 Å². The molecule has 0 aliphatic heterocycles. The average molecular weight is 335 g/mol. The first-order valence-corrected chi connectivity index (χ1v) is 7.35. The van der Waals surface area contributed by atoms with Gasteiger partial charge < -0.3 is 9.26 Å². The lowest BCUT2D eigenvalue weighted by Crippen LogP contribution is -1.97. The molecule has 3 aromatic rings. The summed E-state index contributed by atoms with van der Waals surface area (Å²) in [6, 6.07) is 12.7. The summed E-state index contributed by atoms with van der Waals surface area (Å²) in [4.78, 5) is 4.29. The lowest BCUT2D eigenvalue weighted by atomic mass is 10.2. The van der Waals surface area contributed by atoms with E-state index in [1.807, 2.05) is 37.3 Å². The highest BCUT2D eigenvalue weighted by Gasteiger charge is 2.12. The minimum atomic E-state index is 0.180. The summed E-state index contributed by atoms with van der Waals surface area (Å²) in [6.07, 6.45) is 0. The lowest BCUT2D eigenvalue weighted by Gasteiger charge is -2.06. The van der Waals surface area contributed by atoms with Gasteiger partial charge in [0.2, 0.25) is 5.82 Å². The molecule has 2 aromatic carbocycles. The first-order chi connectivity index (χ1) is 10.6. The van der Waals surface area contributed by atoms with E-state index in [1.54, 1.807) is 12.1 Å². The standard InChI is InChI=1S/C16H12Cl2N2O2/c1-10-8-11(17)6-7-14(10)21-9-15-19-16(20-22-15)12-4-2-3-5-13(12)18/h2-8H,9H2,1H3. The van der Waals surface area contributed by atoms with Crippen molar-refractivity contribution >= 4 is 23.2 Å². The Morgan fingerprint density at radius 2 is 1.95 bits per heavy atom. The molecule has 3 rings (SSSR count). The highest BCUT2D eigenvalue weighted by atomic mass is 35.5. The number of benzene rings is 2. The molecule has 0 N–H and O–H groups in total. The van der Waals surface area contributed by atoms with Crippen LogP contribution < -0.4 is 4.74 Å². The summed E-state index contributed by atoms with van der Waals surface area (Å²) in [5, 5.41) is 5.17. The van der Waals surface area contributed by atoms with Gasteiger partial charge in [0, 0.05) is 10.6 Å². The fourth-order valence-electron chi connectivity index (χ4n) is 1.98. The van der Waals surface area contributed by atoms with Crippen molar-refractivity contribution in [1.29, 1.82) is 0 Å². The fraction of sp³-hybridized carbons (Fsp3) is 0.125. The predicted molar refractivity (Wildman–Crippen MR) is 85.3 cm³/mol. The van der Waals surface area contributed by atoms with Gasteiger partial charge in [-0.05, 0) is 42.8 Å². The predicted octanol–water partition coefficient (Wildman–Crippen LogP) is 4.93. The van der Waals surface area contributed by atoms with Crippen LogP contribution in [-0.4, -0.2) is 10.1 Å². The van der Waals surface area contributed by atoms with Crippen LogP contribution in [0.15, 0.2) is 47.0 Å². The maximum atomic E-state index is 6.11. The van der Waals surface area contributed by atoms with Crippen molar-refractivity contribution < 1.29 is 9.26 Å². The van der Waals surface area contributed by atoms with Crippen LogP contribution in [0.5, 0.6) is 5.75 Å². The number of hydrogen-bond acceptors (Lipinski definition) is 4. The van der Waals surface area contributed by atoms with E-state index in [9.17, 15) is 0 Å². The quantitative estimate of drug-likeness (QED) is 0.678. The van der Waals surface area contributed by atoms with Crippen LogP contribution in [0.4, 0.5) is 0 Å². The molecular weight excluding hydrogens is 323 g/mol. The maximum absolute atomic E-state index is 6.11. The second-order valence-electron chi connectivity index (χ2n) is 4.69. The molecule has 0 fully saturated rings. The zero-order valence-electron chi connectivity index (χ0n) is 11.7. The molecule has 112 valence electrons. The molecule has 0 saturated heterocycles. The molecule has 0 spiro atoms. The molecule has 22 heavy (non-hydrogen) atoms. The summed E-state index contributed by atoms with van der Waals surface area (Å²) in [7, 11) is 0. The van der Waals surface area contributed by atoms with Crippen molar-refractivity contribution in [2.45, 2.75) is 13.5 Å². The van der Waals surface area contributed by atoms with Crippen molar-refractivity contribution in [3.05, 3.63) is 64.0 Å². The van der Waals surface area contributed by atoms with E-state index >= 15 is 0 Å². The van der Waals surface area contributed by atoms with E-state index in [4.69, 9.17) is 32.5 Å². The normalized spacial score (nSPS) is 10.7. The Bertz CT molecular complexity index is 802. The molecule has 1 aromatic heterocycles. The Morgan fingerprint density at radius 1 is 1.14 bits per heavy atom. The summed E-state index contributed by atoms with van der Waals surface area (Å²) in [5.74, 6) is 1.54. The first-order valence-electron chi connectivity index (χ1n) is 6.60. The van der Waals surface area contributed by atoms with Gasteiger partial charge in [0.05, 0.1) is 5.02 Å². The number of rotatable bonds is 4. The van der Waals surface area contributed by atoms with Gasteiger partial charge >= 0.3 is 0 Å². The molecule has 0 radical (unpaired) electrons. The molecule has 0 aliphatic carbocycles. The van der Waals surface area contributed by atoms with Crippen LogP contribution >= 0.6 is 23.2 Å². The second kappa shape index (κ2) is 6.38. The largest absolute Gasteiger partial charge is 0.483 e. The van der Waals surface area contributed by atoms with Gasteiger partial charge in [0.25, 0.3) is 5.89 Å². The van der Waals surface area contributed by atoms with E-state index in [2.05, 4.69) is 10.1 Å². The first kappa shape index (κ1) is 14.9. The van der Waals surface area contributed by atoms with E-state index in [-0.39, 0.29) is 6.61 Å². The molecule has 4 nitrogen and oxygen atoms in total. The van der Waals surface area contributed by atoms with Crippen molar-refractivity contribution in [3.8, 4) is 17.1 Å². The van der Waals surface area contributed by atoms with Crippen LogP contribution in [0, 0.1) is 6.92 Å². The molecule has 0 unspecified atom stereocenters. The van der Waals surface area contributed by atoms with Crippen LogP contribution in [-0.2, 0) is 6.61 Å². The van der Waals surface area contributed by atoms with Gasteiger partial charge in [-0.15, -0.1) is 0 Å². The fourth-order valence-corrected chi connectivity index (χ4v) is 2.43. The number of aryl methyl sites for hydroxylation is 1. The lowest BCUT2D eigenvalue weighted by molar-refractivity contribution is 0.242. The average Bonchev–Trinajstić information content (AvgIpc) is 2.95. The van der Waals surface area contributed by atoms with Crippen molar-refractivity contribution in [3.63, 3.8) is 0 Å². The zero-order chi connectivity index (χ0) is 15.5. The second-order valence-corrected chi connectivity index (χ2v) is 5.53. The molecule has 0 aliphatic rings. The van der Waals surface area contributed by atoms with Crippen molar-refractivity contribution in [1.82, 2.24) is 10.1 Å². The molecule has 0 amide bonds. The molecule has 0 atom stereocenters. The number of ether oxygens (including phenoxy) is 1. The van der Waals surface area contributed by atoms with Crippen molar-refractivity contribution in [2.75, 3.05) is 0 Å². The number of aromatic nitrogens is 2. The highest BCUT2D eigenvalue weighted by Crippen LogP contribution is 2.26. The van der Waals surface area contributed by atoms with Gasteiger partial charge in [0.15, 0.2) is 6.61 Å². The summed E-state index contributed by atoms with van der Waals surface area (Å²) >= 11 is 12.0. The van der Waals surface area contributed by atoms with E-state index < -0.39 is 0 Å². The van der Waals surface area contributed by atoms with E-state index in [0.717, 1.165) is 16.9 Å². The van der Waals surface area contributed by atoms with Crippen LogP contribution in [0.3, 0.4) is 0 Å². The SMILES string of the molecule is Cc1cc(Cl)ccc1OCc1nc(-c2ccccc2Cl)no1. The monoisotopic (exact) mass is 334 g/mol. The van der Waals surface area contributed by atoms with Crippen LogP contribution in [0.2, 0.25) is 10.0 Å². The third kappa shape index (κ3) is 3.24. The molecule has 1 heterocycles. The number of nitrogens with zero attached hydrogens (tertiary/aromatic N) is 2. The smallest absolute Gasteiger partial charge is 0.264 e. The Hall–Kier alpha value is -2.04. The third-order valence-electron chi connectivity index (χ3n) is 3.07. The minimum Gasteiger partial charge on any atom is -0.483 e. The van der Waals surface area contributed by atoms with Crippen LogP contribution in [0.1, 0.15) is 11.5 Å². The summed E-state index contributed by atoms with van der Waals surface area (Å²) < 4.78 is 10.9. The summed E-state index contributed by atoms with van der Waals surface area (Å²) in [6.45, 7) is 2.10. The number of hydrogen-bond donors (Lipinski definition) is 0. The molecule has 6 heteroatoms. The highest BCUT2D eigenvalue weighted by molar-refractivity contribution is 6.33. The Labute approximate surface area is 137 Å². The van der Waals surface area contributed by atoms with Gasteiger partial charge in [-0.3, -0.25) is 0 Å². The summed E-state index contributed by atoms with van der Waals surface area (Å²) in [5.41, 5.74) is 1.67. The Balaban J connectivity index is 1.74. The molecule has 0 saturated carbocycles. The van der Waals surface area contributed by atoms with Gasteiger partial charge in [-0.2, -0.15) is 4.98 Å². The Kier molecular flexibility index (Phi) is 4.32. The third-order valence-corrected chi connectivity index (χ3v) is 3.64. The maximum Gasteiger partial charge on any atom is 0.264 e. The topological polar surface area (TPSA) is 48.2 Å². The van der Waals surface area contributed by atoms with Gasteiger partial charge in [-0.1, -0.05) is 40.5 Å². The minimum absolute atomic E-state index is 0.180. The molecule has 0 bridgehead atoms. The van der Waals surface area contributed by atoms with E-state index in [0.29, 0.717) is 21.8 Å². The molecular formula is C16H12Cl2N2O2. The van der Waals surface area contributed by atoms with Gasteiger partial charge in [-0.25, -0.2) is 0 Å². The van der Waals surface area contributed by atoms with Crippen molar-refractivity contribution in [2.24, 2.45) is 0 Å². The van der Waals surface area contributed by atoms with E-state index in [1.165, 1.54) is 0 Å².